The zero-order valence-corrected chi connectivity index (χ0v) is 21.6. The SMILES string of the molecule is CCC(=O)c1cc(-c2ccccc2F)c2c(C)c(C3=CCC(CN4CCOCC4)CC3)c(C)cc2n1. The van der Waals surface area contributed by atoms with Gasteiger partial charge >= 0.3 is 0 Å². The topological polar surface area (TPSA) is 42.4 Å². The van der Waals surface area contributed by atoms with Gasteiger partial charge in [-0.1, -0.05) is 31.2 Å². The number of ether oxygens (including phenoxy) is 1. The number of carbonyl (C=O) groups is 1. The molecule has 2 aromatic carbocycles. The van der Waals surface area contributed by atoms with Gasteiger partial charge in [0, 0.05) is 37.0 Å². The Morgan fingerprint density at radius 1 is 1.14 bits per heavy atom. The minimum Gasteiger partial charge on any atom is -0.379 e. The Balaban J connectivity index is 1.57. The number of hydrogen-bond donors (Lipinski definition) is 0. The molecule has 0 amide bonds. The van der Waals surface area contributed by atoms with Crippen LogP contribution >= 0.6 is 0 Å². The standard InChI is InChI=1S/C31H35FN2O2/c1-4-29(35)27-18-25(24-7-5-6-8-26(24)32)31-21(3)30(20(2)17-28(31)33-27)23-11-9-22(10-12-23)19-34-13-15-36-16-14-34/h5-8,11,17-18,22H,4,9-10,12-16,19H2,1-3H3. The first-order valence-corrected chi connectivity index (χ1v) is 13.2. The molecule has 0 bridgehead atoms. The molecular weight excluding hydrogens is 451 g/mol. The van der Waals surface area contributed by atoms with Crippen LogP contribution < -0.4 is 0 Å². The summed E-state index contributed by atoms with van der Waals surface area (Å²) in [5.41, 5.74) is 7.31. The number of hydrogen-bond acceptors (Lipinski definition) is 4. The van der Waals surface area contributed by atoms with Gasteiger partial charge < -0.3 is 4.74 Å². The number of morpholine rings is 1. The van der Waals surface area contributed by atoms with Crippen molar-refractivity contribution in [3.8, 4) is 11.1 Å². The van der Waals surface area contributed by atoms with Crippen molar-refractivity contribution < 1.29 is 13.9 Å². The number of allylic oxidation sites excluding steroid dienone is 2. The normalized spacial score (nSPS) is 18.9. The lowest BCUT2D eigenvalue weighted by atomic mass is 9.81. The van der Waals surface area contributed by atoms with Crippen LogP contribution in [0.4, 0.5) is 4.39 Å². The molecular formula is C31H35FN2O2. The predicted molar refractivity (Wildman–Crippen MR) is 144 cm³/mol. The molecule has 0 spiro atoms. The number of aryl methyl sites for hydroxylation is 2. The Bertz CT molecular complexity index is 1320. The Labute approximate surface area is 213 Å². The number of fused-ring (bicyclic) bond motifs is 1. The summed E-state index contributed by atoms with van der Waals surface area (Å²) in [4.78, 5) is 19.9. The van der Waals surface area contributed by atoms with E-state index >= 15 is 0 Å². The van der Waals surface area contributed by atoms with Crippen LogP contribution in [0.5, 0.6) is 0 Å². The van der Waals surface area contributed by atoms with Crippen molar-refractivity contribution in [1.29, 1.82) is 0 Å². The molecule has 5 heteroatoms. The van der Waals surface area contributed by atoms with Crippen LogP contribution in [0.25, 0.3) is 27.6 Å². The maximum absolute atomic E-state index is 15.0. The van der Waals surface area contributed by atoms with Gasteiger partial charge in [-0.25, -0.2) is 9.37 Å². The van der Waals surface area contributed by atoms with E-state index < -0.39 is 0 Å². The predicted octanol–water partition coefficient (Wildman–Crippen LogP) is 6.77. The second-order valence-corrected chi connectivity index (χ2v) is 10.2. The number of Topliss-reactive ketones (excluding diaryl/α,β-unsaturated/α-hetero) is 1. The van der Waals surface area contributed by atoms with Crippen LogP contribution in [-0.2, 0) is 4.74 Å². The van der Waals surface area contributed by atoms with Crippen molar-refractivity contribution in [3.63, 3.8) is 0 Å². The average Bonchev–Trinajstić information content (AvgIpc) is 2.89. The third-order valence-corrected chi connectivity index (χ3v) is 7.78. The van der Waals surface area contributed by atoms with Crippen molar-refractivity contribution in [1.82, 2.24) is 9.88 Å². The van der Waals surface area contributed by atoms with E-state index in [1.165, 1.54) is 23.6 Å². The van der Waals surface area contributed by atoms with Crippen molar-refractivity contribution in [2.75, 3.05) is 32.8 Å². The van der Waals surface area contributed by atoms with Gasteiger partial charge in [0.15, 0.2) is 5.78 Å². The highest BCUT2D eigenvalue weighted by atomic mass is 19.1. The summed E-state index contributed by atoms with van der Waals surface area (Å²) in [6, 6.07) is 10.7. The van der Waals surface area contributed by atoms with Crippen LogP contribution in [0.2, 0.25) is 0 Å². The second kappa shape index (κ2) is 10.6. The maximum atomic E-state index is 15.0. The first-order chi connectivity index (χ1) is 17.5. The van der Waals surface area contributed by atoms with Crippen LogP contribution in [0.15, 0.2) is 42.5 Å². The fourth-order valence-electron chi connectivity index (χ4n) is 5.90. The molecule has 1 aliphatic heterocycles. The Kier molecular flexibility index (Phi) is 7.31. The average molecular weight is 487 g/mol. The number of nitrogens with zero attached hydrogens (tertiary/aromatic N) is 2. The minimum absolute atomic E-state index is 0.0322. The van der Waals surface area contributed by atoms with Gasteiger partial charge in [0.05, 0.1) is 18.7 Å². The summed E-state index contributed by atoms with van der Waals surface area (Å²) in [6.07, 6.45) is 6.07. The molecule has 2 aliphatic rings. The summed E-state index contributed by atoms with van der Waals surface area (Å²) in [5.74, 6) is 0.352. The van der Waals surface area contributed by atoms with E-state index in [0.717, 1.165) is 73.3 Å². The first-order valence-electron chi connectivity index (χ1n) is 13.2. The van der Waals surface area contributed by atoms with Gasteiger partial charge in [-0.3, -0.25) is 9.69 Å². The highest BCUT2D eigenvalue weighted by Crippen LogP contribution is 2.40. The number of pyridine rings is 1. The summed E-state index contributed by atoms with van der Waals surface area (Å²) >= 11 is 0. The molecule has 0 saturated carbocycles. The van der Waals surface area contributed by atoms with E-state index in [1.807, 2.05) is 13.0 Å². The molecule has 0 N–H and O–H groups in total. The highest BCUT2D eigenvalue weighted by molar-refractivity contribution is 6.04. The fraction of sp³-hybridized carbons (Fsp3) is 0.419. The molecule has 2 heterocycles. The Morgan fingerprint density at radius 3 is 2.61 bits per heavy atom. The summed E-state index contributed by atoms with van der Waals surface area (Å²) in [5, 5.41) is 0.935. The largest absolute Gasteiger partial charge is 0.379 e. The number of ketones is 1. The molecule has 188 valence electrons. The van der Waals surface area contributed by atoms with Gasteiger partial charge in [-0.15, -0.1) is 0 Å². The summed E-state index contributed by atoms with van der Waals surface area (Å²) in [6.45, 7) is 11.0. The monoisotopic (exact) mass is 486 g/mol. The second-order valence-electron chi connectivity index (χ2n) is 10.2. The van der Waals surface area contributed by atoms with E-state index in [4.69, 9.17) is 9.72 Å². The van der Waals surface area contributed by atoms with Crippen LogP contribution in [0.3, 0.4) is 0 Å². The van der Waals surface area contributed by atoms with Gasteiger partial charge in [0.2, 0.25) is 0 Å². The quantitative estimate of drug-likeness (QED) is 0.361. The van der Waals surface area contributed by atoms with Gasteiger partial charge in [-0.05, 0) is 85.1 Å². The summed E-state index contributed by atoms with van der Waals surface area (Å²) < 4.78 is 20.5. The molecule has 1 saturated heterocycles. The van der Waals surface area contributed by atoms with Gasteiger partial charge in [0.1, 0.15) is 11.5 Å². The molecule has 0 radical (unpaired) electrons. The lowest BCUT2D eigenvalue weighted by Crippen LogP contribution is -2.39. The lowest BCUT2D eigenvalue weighted by Gasteiger charge is -2.32. The third kappa shape index (κ3) is 4.87. The molecule has 1 fully saturated rings. The van der Waals surface area contributed by atoms with Crippen molar-refractivity contribution in [2.45, 2.75) is 46.5 Å². The number of halogens is 1. The minimum atomic E-state index is -0.288. The van der Waals surface area contributed by atoms with E-state index in [9.17, 15) is 9.18 Å². The van der Waals surface area contributed by atoms with Crippen molar-refractivity contribution >= 4 is 22.3 Å². The van der Waals surface area contributed by atoms with Gasteiger partial charge in [0.25, 0.3) is 0 Å². The van der Waals surface area contributed by atoms with Crippen LogP contribution in [-0.4, -0.2) is 48.5 Å². The zero-order valence-electron chi connectivity index (χ0n) is 21.6. The van der Waals surface area contributed by atoms with Crippen LogP contribution in [0.1, 0.15) is 59.8 Å². The van der Waals surface area contributed by atoms with Crippen molar-refractivity contribution in [2.24, 2.45) is 5.92 Å². The lowest BCUT2D eigenvalue weighted by molar-refractivity contribution is 0.0301. The van der Waals surface area contributed by atoms with E-state index in [-0.39, 0.29) is 11.6 Å². The number of carbonyl (C=O) groups excluding carboxylic acids is 1. The molecule has 1 aliphatic carbocycles. The maximum Gasteiger partial charge on any atom is 0.180 e. The van der Waals surface area contributed by atoms with E-state index in [1.54, 1.807) is 18.2 Å². The Morgan fingerprint density at radius 2 is 1.92 bits per heavy atom. The summed E-state index contributed by atoms with van der Waals surface area (Å²) in [7, 11) is 0. The number of rotatable bonds is 6. The number of benzene rings is 2. The first kappa shape index (κ1) is 24.8. The molecule has 5 rings (SSSR count). The van der Waals surface area contributed by atoms with Crippen LogP contribution in [0, 0.1) is 25.6 Å². The molecule has 1 unspecified atom stereocenters. The molecule has 1 aromatic heterocycles. The zero-order chi connectivity index (χ0) is 25.2. The van der Waals surface area contributed by atoms with Crippen molar-refractivity contribution in [3.05, 3.63) is 70.7 Å². The molecule has 1 atom stereocenters. The number of aromatic nitrogens is 1. The van der Waals surface area contributed by atoms with E-state index in [0.29, 0.717) is 23.6 Å². The highest BCUT2D eigenvalue weighted by Gasteiger charge is 2.24. The molecule has 4 nitrogen and oxygen atoms in total. The van der Waals surface area contributed by atoms with E-state index in [2.05, 4.69) is 30.9 Å². The molecule has 3 aromatic rings. The smallest absolute Gasteiger partial charge is 0.180 e. The Hall–Kier alpha value is -2.89. The molecule has 36 heavy (non-hydrogen) atoms. The third-order valence-electron chi connectivity index (χ3n) is 7.78. The fourth-order valence-corrected chi connectivity index (χ4v) is 5.90. The van der Waals surface area contributed by atoms with Gasteiger partial charge in [-0.2, -0.15) is 0 Å².